The second-order valence-corrected chi connectivity index (χ2v) is 8.94. The van der Waals surface area contributed by atoms with Crippen LogP contribution >= 0.6 is 0 Å². The van der Waals surface area contributed by atoms with E-state index in [9.17, 15) is 4.79 Å². The number of rotatable bonds is 9. The molecule has 28 heavy (non-hydrogen) atoms. The van der Waals surface area contributed by atoms with Gasteiger partial charge in [-0.2, -0.15) is 0 Å². The Balaban J connectivity index is 1.48. The van der Waals surface area contributed by atoms with Gasteiger partial charge < -0.3 is 19.4 Å². The van der Waals surface area contributed by atoms with E-state index in [1.165, 1.54) is 19.3 Å². The maximum atomic E-state index is 12.7. The molecule has 1 aliphatic heterocycles. The van der Waals surface area contributed by atoms with Gasteiger partial charge in [-0.05, 0) is 64.4 Å². The normalized spacial score (nSPS) is 19.6. The third-order valence-electron chi connectivity index (χ3n) is 6.08. The first-order chi connectivity index (χ1) is 13.4. The Hall–Kier alpha value is -1.59. The summed E-state index contributed by atoms with van der Waals surface area (Å²) in [6.45, 7) is 6.18. The molecule has 1 amide bonds. The molecule has 1 heterocycles. The fourth-order valence-corrected chi connectivity index (χ4v) is 3.99. The molecule has 156 valence electrons. The third kappa shape index (κ3) is 6.21. The Morgan fingerprint density at radius 3 is 2.50 bits per heavy atom. The van der Waals surface area contributed by atoms with E-state index in [4.69, 9.17) is 4.74 Å². The van der Waals surface area contributed by atoms with Crippen LogP contribution in [0.15, 0.2) is 24.3 Å². The summed E-state index contributed by atoms with van der Waals surface area (Å²) in [5.74, 6) is 1.85. The lowest BCUT2D eigenvalue weighted by Gasteiger charge is -2.36. The van der Waals surface area contributed by atoms with Crippen LogP contribution < -0.4 is 4.74 Å². The first kappa shape index (κ1) is 21.1. The van der Waals surface area contributed by atoms with Crippen LogP contribution in [-0.4, -0.2) is 80.1 Å². The lowest BCUT2D eigenvalue weighted by molar-refractivity contribution is 0.0746. The number of carbonyl (C=O) groups is 1. The van der Waals surface area contributed by atoms with E-state index in [1.807, 2.05) is 45.4 Å². The molecule has 2 aliphatic rings. The van der Waals surface area contributed by atoms with Gasteiger partial charge in [-0.1, -0.05) is 18.9 Å². The zero-order chi connectivity index (χ0) is 20.1. The Morgan fingerprint density at radius 2 is 1.86 bits per heavy atom. The van der Waals surface area contributed by atoms with E-state index in [0.29, 0.717) is 18.2 Å². The molecule has 0 radical (unpaired) electrons. The predicted octanol–water partition coefficient (Wildman–Crippen LogP) is 3.35. The molecule has 0 bridgehead atoms. The number of benzene rings is 1. The highest BCUT2D eigenvalue weighted by Crippen LogP contribution is 2.35. The van der Waals surface area contributed by atoms with Gasteiger partial charge in [0.1, 0.15) is 11.9 Å². The SMILES string of the molecule is C[C@H](CC1CC1)N1CCC(Oc2cccc(C(=O)N(C)CCN(C)C)c2)CC1. The van der Waals surface area contributed by atoms with Gasteiger partial charge in [0.2, 0.25) is 0 Å². The van der Waals surface area contributed by atoms with Gasteiger partial charge in [-0.25, -0.2) is 0 Å². The van der Waals surface area contributed by atoms with Crippen LogP contribution in [0, 0.1) is 5.92 Å². The van der Waals surface area contributed by atoms with E-state index in [0.717, 1.165) is 44.1 Å². The molecule has 1 atom stereocenters. The first-order valence-corrected chi connectivity index (χ1v) is 10.8. The van der Waals surface area contributed by atoms with Crippen molar-refractivity contribution in [2.45, 2.75) is 51.2 Å². The smallest absolute Gasteiger partial charge is 0.253 e. The molecule has 1 aromatic rings. The standard InChI is InChI=1S/C23H37N3O2/c1-18(16-19-8-9-19)26-12-10-21(11-13-26)28-22-7-5-6-20(17-22)23(27)25(4)15-14-24(2)3/h5-7,17-19,21H,8-16H2,1-4H3/t18-/m1/s1. The van der Waals surface area contributed by atoms with Crippen LogP contribution in [0.4, 0.5) is 0 Å². The Morgan fingerprint density at radius 1 is 1.14 bits per heavy atom. The highest BCUT2D eigenvalue weighted by atomic mass is 16.5. The lowest BCUT2D eigenvalue weighted by atomic mass is 10.0. The molecular formula is C23H37N3O2. The van der Waals surface area contributed by atoms with Gasteiger partial charge in [0, 0.05) is 44.8 Å². The van der Waals surface area contributed by atoms with E-state index < -0.39 is 0 Å². The summed E-state index contributed by atoms with van der Waals surface area (Å²) in [7, 11) is 5.90. The number of amides is 1. The quantitative estimate of drug-likeness (QED) is 0.651. The summed E-state index contributed by atoms with van der Waals surface area (Å²) in [5.41, 5.74) is 0.703. The zero-order valence-electron chi connectivity index (χ0n) is 18.1. The first-order valence-electron chi connectivity index (χ1n) is 10.8. The van der Waals surface area contributed by atoms with E-state index in [2.05, 4.69) is 16.7 Å². The molecule has 1 saturated carbocycles. The molecule has 5 nitrogen and oxygen atoms in total. The second kappa shape index (κ2) is 9.75. The fraction of sp³-hybridized carbons (Fsp3) is 0.696. The Labute approximate surface area is 170 Å². The summed E-state index contributed by atoms with van der Waals surface area (Å²) in [4.78, 5) is 19.1. The number of likely N-dealkylation sites (tertiary alicyclic amines) is 1. The van der Waals surface area contributed by atoms with Gasteiger partial charge in [-0.15, -0.1) is 0 Å². The van der Waals surface area contributed by atoms with Crippen LogP contribution in [0.1, 0.15) is 49.4 Å². The predicted molar refractivity (Wildman–Crippen MR) is 114 cm³/mol. The zero-order valence-corrected chi connectivity index (χ0v) is 18.1. The number of nitrogens with zero attached hydrogens (tertiary/aromatic N) is 3. The van der Waals surface area contributed by atoms with Crippen molar-refractivity contribution < 1.29 is 9.53 Å². The van der Waals surface area contributed by atoms with E-state index >= 15 is 0 Å². The molecule has 1 aromatic carbocycles. The Kier molecular flexibility index (Phi) is 7.36. The third-order valence-corrected chi connectivity index (χ3v) is 6.08. The van der Waals surface area contributed by atoms with Gasteiger partial charge in [0.05, 0.1) is 0 Å². The van der Waals surface area contributed by atoms with Gasteiger partial charge in [0.15, 0.2) is 0 Å². The largest absolute Gasteiger partial charge is 0.490 e. The highest BCUT2D eigenvalue weighted by molar-refractivity contribution is 5.94. The number of ether oxygens (including phenoxy) is 1. The molecule has 3 rings (SSSR count). The number of likely N-dealkylation sites (N-methyl/N-ethyl adjacent to an activating group) is 2. The molecular weight excluding hydrogens is 350 g/mol. The van der Waals surface area contributed by atoms with E-state index in [1.54, 1.807) is 4.90 Å². The van der Waals surface area contributed by atoms with Crippen LogP contribution in [0.25, 0.3) is 0 Å². The summed E-state index contributed by atoms with van der Waals surface area (Å²) in [6.07, 6.45) is 6.61. The molecule has 5 heteroatoms. The molecule has 0 N–H and O–H groups in total. The second-order valence-electron chi connectivity index (χ2n) is 8.94. The van der Waals surface area contributed by atoms with Crippen LogP contribution in [0.2, 0.25) is 0 Å². The molecule has 2 fully saturated rings. The van der Waals surface area contributed by atoms with Gasteiger partial charge in [-0.3, -0.25) is 4.79 Å². The van der Waals surface area contributed by atoms with Crippen molar-refractivity contribution in [2.24, 2.45) is 5.92 Å². The minimum absolute atomic E-state index is 0.0519. The average Bonchev–Trinajstić information content (AvgIpc) is 3.50. The van der Waals surface area contributed by atoms with Crippen molar-refractivity contribution in [1.82, 2.24) is 14.7 Å². The van der Waals surface area contributed by atoms with Crippen LogP contribution in [-0.2, 0) is 0 Å². The van der Waals surface area contributed by atoms with Crippen molar-refractivity contribution in [3.63, 3.8) is 0 Å². The molecule has 0 unspecified atom stereocenters. The average molecular weight is 388 g/mol. The monoisotopic (exact) mass is 387 g/mol. The van der Waals surface area contributed by atoms with Crippen molar-refractivity contribution in [3.05, 3.63) is 29.8 Å². The fourth-order valence-electron chi connectivity index (χ4n) is 3.99. The van der Waals surface area contributed by atoms with Gasteiger partial charge in [0.25, 0.3) is 5.91 Å². The highest BCUT2D eigenvalue weighted by Gasteiger charge is 2.29. The number of piperidine rings is 1. The minimum Gasteiger partial charge on any atom is -0.490 e. The number of hydrogen-bond donors (Lipinski definition) is 0. The summed E-state index contributed by atoms with van der Waals surface area (Å²) < 4.78 is 6.24. The summed E-state index contributed by atoms with van der Waals surface area (Å²) >= 11 is 0. The van der Waals surface area contributed by atoms with E-state index in [-0.39, 0.29) is 12.0 Å². The van der Waals surface area contributed by atoms with Crippen LogP contribution in [0.5, 0.6) is 5.75 Å². The maximum absolute atomic E-state index is 12.7. The molecule has 0 spiro atoms. The van der Waals surface area contributed by atoms with Crippen molar-refractivity contribution in [3.8, 4) is 5.75 Å². The number of hydrogen-bond acceptors (Lipinski definition) is 4. The van der Waals surface area contributed by atoms with Crippen LogP contribution in [0.3, 0.4) is 0 Å². The van der Waals surface area contributed by atoms with Crippen molar-refractivity contribution in [2.75, 3.05) is 47.3 Å². The molecule has 0 aromatic heterocycles. The molecule has 1 aliphatic carbocycles. The lowest BCUT2D eigenvalue weighted by Crippen LogP contribution is -2.43. The molecule has 1 saturated heterocycles. The Bertz CT molecular complexity index is 636. The minimum atomic E-state index is 0.0519. The maximum Gasteiger partial charge on any atom is 0.253 e. The summed E-state index contributed by atoms with van der Waals surface area (Å²) in [6, 6.07) is 8.38. The van der Waals surface area contributed by atoms with Crippen molar-refractivity contribution >= 4 is 5.91 Å². The van der Waals surface area contributed by atoms with Crippen molar-refractivity contribution in [1.29, 1.82) is 0 Å². The number of carbonyl (C=O) groups excluding carboxylic acids is 1. The topological polar surface area (TPSA) is 36.0 Å². The summed E-state index contributed by atoms with van der Waals surface area (Å²) in [5, 5.41) is 0. The van der Waals surface area contributed by atoms with Gasteiger partial charge >= 0.3 is 0 Å².